The molecule has 0 amide bonds. The number of nitriles is 1. The summed E-state index contributed by atoms with van der Waals surface area (Å²) in [5, 5.41) is 25.6. The third-order valence-electron chi connectivity index (χ3n) is 3.48. The van der Waals surface area contributed by atoms with Crippen LogP contribution in [0.4, 0.5) is 5.82 Å². The first-order chi connectivity index (χ1) is 10.7. The van der Waals surface area contributed by atoms with Crippen LogP contribution in [-0.4, -0.2) is 28.0 Å². The molecule has 0 saturated carbocycles. The van der Waals surface area contributed by atoms with Gasteiger partial charge in [-0.2, -0.15) is 10.4 Å². The van der Waals surface area contributed by atoms with E-state index in [0.29, 0.717) is 18.7 Å². The maximum absolute atomic E-state index is 9.08. The summed E-state index contributed by atoms with van der Waals surface area (Å²) >= 11 is 0. The molecule has 0 spiro atoms. The molecule has 0 atom stereocenters. The Hall–Kier alpha value is -2.58. The van der Waals surface area contributed by atoms with E-state index in [1.165, 1.54) is 0 Å². The number of aryl methyl sites for hydroxylation is 1. The zero-order valence-electron chi connectivity index (χ0n) is 12.9. The van der Waals surface area contributed by atoms with E-state index in [1.807, 2.05) is 38.1 Å². The first-order valence-corrected chi connectivity index (χ1v) is 7.21. The number of aromatic nitrogens is 2. The molecule has 5 nitrogen and oxygen atoms in total. The van der Waals surface area contributed by atoms with Gasteiger partial charge in [-0.05, 0) is 31.5 Å². The van der Waals surface area contributed by atoms with Crippen molar-refractivity contribution in [3.63, 3.8) is 0 Å². The van der Waals surface area contributed by atoms with E-state index < -0.39 is 0 Å². The van der Waals surface area contributed by atoms with Gasteiger partial charge < -0.3 is 10.4 Å². The normalized spacial score (nSPS) is 10.8. The van der Waals surface area contributed by atoms with E-state index in [4.69, 9.17) is 10.4 Å². The standard InChI is InChI=1S/C17H20N4O/c1-13-14(2)20-21(10-11-22)17(13)19-9-3-4-15-5-7-16(12-18)8-6-15/h3-8,19,22H,9-11H2,1-2H3/b4-3+. The number of hydrogen-bond donors (Lipinski definition) is 2. The zero-order valence-corrected chi connectivity index (χ0v) is 12.9. The van der Waals surface area contributed by atoms with Gasteiger partial charge in [0, 0.05) is 12.1 Å². The van der Waals surface area contributed by atoms with Crippen molar-refractivity contribution in [1.82, 2.24) is 9.78 Å². The molecule has 5 heteroatoms. The third-order valence-corrected chi connectivity index (χ3v) is 3.48. The number of benzene rings is 1. The summed E-state index contributed by atoms with van der Waals surface area (Å²) in [4.78, 5) is 0. The minimum atomic E-state index is 0.0658. The molecule has 0 aliphatic carbocycles. The summed E-state index contributed by atoms with van der Waals surface area (Å²) in [7, 11) is 0. The second-order valence-corrected chi connectivity index (χ2v) is 5.02. The number of nitrogens with zero attached hydrogens (tertiary/aromatic N) is 3. The molecule has 2 aromatic rings. The smallest absolute Gasteiger partial charge is 0.127 e. The minimum absolute atomic E-state index is 0.0658. The van der Waals surface area contributed by atoms with E-state index in [-0.39, 0.29) is 6.61 Å². The van der Waals surface area contributed by atoms with Gasteiger partial charge in [-0.25, -0.2) is 4.68 Å². The molecular formula is C17H20N4O. The largest absolute Gasteiger partial charge is 0.394 e. The van der Waals surface area contributed by atoms with Crippen LogP contribution < -0.4 is 5.32 Å². The molecule has 22 heavy (non-hydrogen) atoms. The Balaban J connectivity index is 1.98. The average Bonchev–Trinajstić information content (AvgIpc) is 2.80. The molecule has 2 rings (SSSR count). The lowest BCUT2D eigenvalue weighted by Crippen LogP contribution is -2.10. The van der Waals surface area contributed by atoms with Gasteiger partial charge in [-0.3, -0.25) is 0 Å². The number of rotatable bonds is 6. The van der Waals surface area contributed by atoms with Crippen LogP contribution in [0.3, 0.4) is 0 Å². The van der Waals surface area contributed by atoms with Crippen molar-refractivity contribution in [3.05, 3.63) is 52.7 Å². The van der Waals surface area contributed by atoms with E-state index in [9.17, 15) is 0 Å². The number of nitrogens with one attached hydrogen (secondary N) is 1. The van der Waals surface area contributed by atoms with Crippen LogP contribution in [0.1, 0.15) is 22.4 Å². The molecule has 114 valence electrons. The summed E-state index contributed by atoms with van der Waals surface area (Å²) in [6.07, 6.45) is 4.02. The van der Waals surface area contributed by atoms with Crippen molar-refractivity contribution >= 4 is 11.9 Å². The molecule has 0 aliphatic heterocycles. The second-order valence-electron chi connectivity index (χ2n) is 5.02. The van der Waals surface area contributed by atoms with Crippen molar-refractivity contribution in [1.29, 1.82) is 5.26 Å². The molecule has 1 aromatic carbocycles. The Kier molecular flexibility index (Phi) is 5.34. The zero-order chi connectivity index (χ0) is 15.9. The fourth-order valence-electron chi connectivity index (χ4n) is 2.17. The summed E-state index contributed by atoms with van der Waals surface area (Å²) < 4.78 is 1.79. The maximum atomic E-state index is 9.08. The highest BCUT2D eigenvalue weighted by molar-refractivity contribution is 5.53. The maximum Gasteiger partial charge on any atom is 0.127 e. The van der Waals surface area contributed by atoms with Crippen molar-refractivity contribution in [3.8, 4) is 6.07 Å². The number of anilines is 1. The average molecular weight is 296 g/mol. The van der Waals surface area contributed by atoms with Gasteiger partial charge >= 0.3 is 0 Å². The molecule has 0 aliphatic rings. The lowest BCUT2D eigenvalue weighted by atomic mass is 10.1. The van der Waals surface area contributed by atoms with Crippen LogP contribution >= 0.6 is 0 Å². The van der Waals surface area contributed by atoms with Gasteiger partial charge in [0.2, 0.25) is 0 Å². The Morgan fingerprint density at radius 3 is 2.68 bits per heavy atom. The fraction of sp³-hybridized carbons (Fsp3) is 0.294. The van der Waals surface area contributed by atoms with E-state index >= 15 is 0 Å². The van der Waals surface area contributed by atoms with Crippen molar-refractivity contribution in [2.24, 2.45) is 0 Å². The van der Waals surface area contributed by atoms with Crippen molar-refractivity contribution < 1.29 is 5.11 Å². The van der Waals surface area contributed by atoms with Gasteiger partial charge in [0.15, 0.2) is 0 Å². The van der Waals surface area contributed by atoms with Crippen LogP contribution in [0.2, 0.25) is 0 Å². The molecule has 0 unspecified atom stereocenters. The van der Waals surface area contributed by atoms with Gasteiger partial charge in [-0.15, -0.1) is 0 Å². The SMILES string of the molecule is Cc1nn(CCO)c(NC/C=C/c2ccc(C#N)cc2)c1C. The summed E-state index contributed by atoms with van der Waals surface area (Å²) in [6, 6.07) is 9.54. The van der Waals surface area contributed by atoms with E-state index in [0.717, 1.165) is 22.6 Å². The predicted molar refractivity (Wildman–Crippen MR) is 87.5 cm³/mol. The van der Waals surface area contributed by atoms with E-state index in [2.05, 4.69) is 16.5 Å². The molecule has 0 fully saturated rings. The minimum Gasteiger partial charge on any atom is -0.394 e. The van der Waals surface area contributed by atoms with Gasteiger partial charge in [0.05, 0.1) is 30.5 Å². The molecule has 0 radical (unpaired) electrons. The Morgan fingerprint density at radius 2 is 2.05 bits per heavy atom. The van der Waals surface area contributed by atoms with Crippen LogP contribution in [0.15, 0.2) is 30.3 Å². The first-order valence-electron chi connectivity index (χ1n) is 7.21. The molecule has 2 N–H and O–H groups in total. The van der Waals surface area contributed by atoms with Crippen LogP contribution in [-0.2, 0) is 6.54 Å². The number of aliphatic hydroxyl groups is 1. The number of aliphatic hydroxyl groups excluding tert-OH is 1. The summed E-state index contributed by atoms with van der Waals surface area (Å²) in [6.45, 7) is 5.19. The molecule has 0 bridgehead atoms. The second kappa shape index (κ2) is 7.43. The van der Waals surface area contributed by atoms with Gasteiger partial charge in [0.25, 0.3) is 0 Å². The van der Waals surface area contributed by atoms with Gasteiger partial charge in [-0.1, -0.05) is 24.3 Å². The van der Waals surface area contributed by atoms with Crippen LogP contribution in [0.5, 0.6) is 0 Å². The Bertz CT molecular complexity index is 693. The monoisotopic (exact) mass is 296 g/mol. The van der Waals surface area contributed by atoms with Crippen molar-refractivity contribution in [2.75, 3.05) is 18.5 Å². The Morgan fingerprint density at radius 1 is 1.32 bits per heavy atom. The van der Waals surface area contributed by atoms with E-state index in [1.54, 1.807) is 16.8 Å². The number of hydrogen-bond acceptors (Lipinski definition) is 4. The van der Waals surface area contributed by atoms with Crippen LogP contribution in [0, 0.1) is 25.2 Å². The Labute approximate surface area is 130 Å². The third kappa shape index (κ3) is 3.74. The lowest BCUT2D eigenvalue weighted by Gasteiger charge is -2.08. The summed E-state index contributed by atoms with van der Waals surface area (Å²) in [5.41, 5.74) is 3.78. The topological polar surface area (TPSA) is 73.9 Å². The highest BCUT2D eigenvalue weighted by Crippen LogP contribution is 2.18. The molecule has 1 aromatic heterocycles. The highest BCUT2D eigenvalue weighted by atomic mass is 16.3. The lowest BCUT2D eigenvalue weighted by molar-refractivity contribution is 0.270. The molecular weight excluding hydrogens is 276 g/mol. The quantitative estimate of drug-likeness (QED) is 0.859. The van der Waals surface area contributed by atoms with Crippen molar-refractivity contribution in [2.45, 2.75) is 20.4 Å². The fourth-order valence-corrected chi connectivity index (χ4v) is 2.17. The van der Waals surface area contributed by atoms with Crippen LogP contribution in [0.25, 0.3) is 6.08 Å². The molecule has 0 saturated heterocycles. The summed E-state index contributed by atoms with van der Waals surface area (Å²) in [5.74, 6) is 0.941. The highest BCUT2D eigenvalue weighted by Gasteiger charge is 2.09. The predicted octanol–water partition coefficient (Wildman–Crippen LogP) is 2.49. The first kappa shape index (κ1) is 15.8. The van der Waals surface area contributed by atoms with Gasteiger partial charge in [0.1, 0.15) is 5.82 Å². The molecule has 1 heterocycles.